The van der Waals surface area contributed by atoms with Crippen molar-refractivity contribution in [1.82, 2.24) is 4.90 Å². The molecule has 0 bridgehead atoms. The first-order chi connectivity index (χ1) is 14.1. The molecule has 2 N–H and O–H groups in total. The minimum absolute atomic E-state index is 0.133. The van der Waals surface area contributed by atoms with Gasteiger partial charge in [0, 0.05) is 0 Å². The van der Waals surface area contributed by atoms with E-state index in [4.69, 9.17) is 33.1 Å². The van der Waals surface area contributed by atoms with E-state index in [0.29, 0.717) is 6.42 Å². The molecule has 30 heavy (non-hydrogen) atoms. The van der Waals surface area contributed by atoms with Gasteiger partial charge in [0.05, 0.1) is 32.8 Å². The van der Waals surface area contributed by atoms with Gasteiger partial charge in [0.25, 0.3) is 11.8 Å². The number of sulfonamides is 1. The average Bonchev–Trinajstić information content (AvgIpc) is 2.93. The zero-order valence-electron chi connectivity index (χ0n) is 15.6. The van der Waals surface area contributed by atoms with Gasteiger partial charge in [-0.1, -0.05) is 42.3 Å². The minimum Gasteiger partial charge on any atom is -0.460 e. The number of rotatable bonds is 6. The topological polar surface area (TPSA) is 124 Å². The van der Waals surface area contributed by atoms with E-state index in [0.717, 1.165) is 17.0 Å². The van der Waals surface area contributed by atoms with Crippen LogP contribution in [0.4, 0.5) is 0 Å². The number of primary sulfonamides is 1. The van der Waals surface area contributed by atoms with E-state index in [2.05, 4.69) is 0 Å². The number of hydrogen-bond donors (Lipinski definition) is 1. The maximum Gasteiger partial charge on any atom is 0.339 e. The summed E-state index contributed by atoms with van der Waals surface area (Å²) in [5.74, 6) is -1.89. The molecule has 0 aromatic heterocycles. The number of fused-ring (bicyclic) bond motifs is 1. The summed E-state index contributed by atoms with van der Waals surface area (Å²) >= 11 is 11.8. The molecule has 0 spiro atoms. The van der Waals surface area contributed by atoms with E-state index in [-0.39, 0.29) is 33.3 Å². The van der Waals surface area contributed by atoms with Crippen molar-refractivity contribution in [2.75, 3.05) is 6.61 Å². The second-order valence-electron chi connectivity index (χ2n) is 6.49. The molecule has 2 aromatic carbocycles. The van der Waals surface area contributed by atoms with Gasteiger partial charge in [-0.2, -0.15) is 0 Å². The van der Waals surface area contributed by atoms with Gasteiger partial charge < -0.3 is 4.74 Å². The van der Waals surface area contributed by atoms with Gasteiger partial charge in [0.1, 0.15) is 11.5 Å². The standard InChI is InChI=1S/C19H16Cl2N2O6S/c1-2-10(23-17(24)11-5-3-4-6-12(11)18(23)25)9-29-19(26)13-7-16(30(22,27)28)15(21)8-14(13)20/h3-8,10H,2,9H2,1H3,(H2,22,27,28). The zero-order valence-corrected chi connectivity index (χ0v) is 17.9. The van der Waals surface area contributed by atoms with Crippen molar-refractivity contribution >= 4 is 51.0 Å². The number of ether oxygens (including phenoxy) is 1. The van der Waals surface area contributed by atoms with Crippen LogP contribution in [0.5, 0.6) is 0 Å². The molecule has 2 amide bonds. The molecule has 0 aliphatic carbocycles. The molecule has 2 aromatic rings. The highest BCUT2D eigenvalue weighted by Crippen LogP contribution is 2.29. The van der Waals surface area contributed by atoms with E-state index in [1.165, 1.54) is 0 Å². The smallest absolute Gasteiger partial charge is 0.339 e. The van der Waals surface area contributed by atoms with Crippen molar-refractivity contribution in [3.63, 3.8) is 0 Å². The fraction of sp³-hybridized carbons (Fsp3) is 0.211. The quantitative estimate of drug-likeness (QED) is 0.511. The van der Waals surface area contributed by atoms with Gasteiger partial charge >= 0.3 is 5.97 Å². The third-order valence-corrected chi connectivity index (χ3v) is 6.30. The molecule has 3 rings (SSSR count). The number of benzene rings is 2. The fourth-order valence-corrected chi connectivity index (χ4v) is 4.46. The van der Waals surface area contributed by atoms with E-state index in [9.17, 15) is 22.8 Å². The van der Waals surface area contributed by atoms with Gasteiger partial charge in [-0.05, 0) is 30.7 Å². The summed E-state index contributed by atoms with van der Waals surface area (Å²) < 4.78 is 28.5. The zero-order chi connectivity index (χ0) is 22.2. The molecule has 0 saturated carbocycles. The van der Waals surface area contributed by atoms with Gasteiger partial charge in [0.2, 0.25) is 10.0 Å². The lowest BCUT2D eigenvalue weighted by molar-refractivity contribution is 0.0303. The van der Waals surface area contributed by atoms with Crippen molar-refractivity contribution in [2.45, 2.75) is 24.3 Å². The molecular formula is C19H16Cl2N2O6S. The molecule has 11 heteroatoms. The number of halogens is 2. The molecule has 0 fully saturated rings. The Morgan fingerprint density at radius 1 is 1.10 bits per heavy atom. The average molecular weight is 471 g/mol. The third-order valence-electron chi connectivity index (χ3n) is 4.62. The fourth-order valence-electron chi connectivity index (χ4n) is 3.07. The number of amides is 2. The van der Waals surface area contributed by atoms with Crippen LogP contribution in [-0.2, 0) is 14.8 Å². The highest BCUT2D eigenvalue weighted by molar-refractivity contribution is 7.89. The largest absolute Gasteiger partial charge is 0.460 e. The lowest BCUT2D eigenvalue weighted by Gasteiger charge is -2.24. The third kappa shape index (κ3) is 4.06. The number of hydrogen-bond acceptors (Lipinski definition) is 6. The molecule has 0 radical (unpaired) electrons. The lowest BCUT2D eigenvalue weighted by atomic mass is 10.1. The van der Waals surface area contributed by atoms with Crippen LogP contribution in [0.3, 0.4) is 0 Å². The molecule has 1 aliphatic rings. The Bertz CT molecular complexity index is 1130. The number of imide groups is 1. The van der Waals surface area contributed by atoms with Crippen LogP contribution in [0, 0.1) is 0 Å². The van der Waals surface area contributed by atoms with Crippen molar-refractivity contribution in [3.05, 3.63) is 63.1 Å². The maximum absolute atomic E-state index is 12.6. The predicted octanol–water partition coefficient (Wildman–Crippen LogP) is 2.87. The Labute approximate surface area is 182 Å². The van der Waals surface area contributed by atoms with Crippen LogP contribution in [0.1, 0.15) is 44.4 Å². The maximum atomic E-state index is 12.6. The van der Waals surface area contributed by atoms with E-state index < -0.39 is 38.7 Å². The summed E-state index contributed by atoms with van der Waals surface area (Å²) in [7, 11) is -4.20. The number of nitrogens with zero attached hydrogens (tertiary/aromatic N) is 1. The highest BCUT2D eigenvalue weighted by atomic mass is 35.5. The SMILES string of the molecule is CCC(COC(=O)c1cc(S(N)(=O)=O)c(Cl)cc1Cl)N1C(=O)c2ccccc2C1=O. The van der Waals surface area contributed by atoms with Crippen LogP contribution in [0.15, 0.2) is 41.3 Å². The Kier molecular flexibility index (Phi) is 6.19. The summed E-state index contributed by atoms with van der Waals surface area (Å²) in [4.78, 5) is 38.3. The van der Waals surface area contributed by atoms with Gasteiger partial charge in [0.15, 0.2) is 0 Å². The number of nitrogens with two attached hydrogens (primary N) is 1. The first-order valence-corrected chi connectivity index (χ1v) is 11.0. The summed E-state index contributed by atoms with van der Waals surface area (Å²) in [6.45, 7) is 1.43. The van der Waals surface area contributed by atoms with Gasteiger partial charge in [-0.25, -0.2) is 18.4 Å². The molecule has 1 unspecified atom stereocenters. The van der Waals surface area contributed by atoms with Gasteiger partial charge in [-0.15, -0.1) is 0 Å². The molecule has 1 atom stereocenters. The predicted molar refractivity (Wildman–Crippen MR) is 109 cm³/mol. The van der Waals surface area contributed by atoms with Crippen molar-refractivity contribution in [1.29, 1.82) is 0 Å². The molecule has 1 aliphatic heterocycles. The number of carbonyl (C=O) groups is 3. The van der Waals surface area contributed by atoms with Crippen LogP contribution in [0.2, 0.25) is 10.0 Å². The van der Waals surface area contributed by atoms with Crippen molar-refractivity contribution in [3.8, 4) is 0 Å². The van der Waals surface area contributed by atoms with E-state index in [1.807, 2.05) is 0 Å². The second kappa shape index (κ2) is 8.35. The Morgan fingerprint density at radius 3 is 2.17 bits per heavy atom. The van der Waals surface area contributed by atoms with Crippen LogP contribution in [0.25, 0.3) is 0 Å². The number of carbonyl (C=O) groups excluding carboxylic acids is 3. The Hall–Kier alpha value is -2.46. The summed E-state index contributed by atoms with van der Waals surface area (Å²) in [6.07, 6.45) is 0.329. The molecule has 1 heterocycles. The van der Waals surface area contributed by atoms with E-state index in [1.54, 1.807) is 31.2 Å². The first kappa shape index (κ1) is 22.2. The first-order valence-electron chi connectivity index (χ1n) is 8.72. The Balaban J connectivity index is 1.81. The Morgan fingerprint density at radius 2 is 1.67 bits per heavy atom. The lowest BCUT2D eigenvalue weighted by Crippen LogP contribution is -2.42. The molecule has 0 saturated heterocycles. The molecular weight excluding hydrogens is 455 g/mol. The van der Waals surface area contributed by atoms with Crippen LogP contribution < -0.4 is 5.14 Å². The second-order valence-corrected chi connectivity index (χ2v) is 8.84. The van der Waals surface area contributed by atoms with Crippen molar-refractivity contribution in [2.24, 2.45) is 5.14 Å². The van der Waals surface area contributed by atoms with E-state index >= 15 is 0 Å². The molecule has 158 valence electrons. The van der Waals surface area contributed by atoms with Crippen LogP contribution >= 0.6 is 23.2 Å². The summed E-state index contributed by atoms with van der Waals surface area (Å²) in [5.41, 5.74) is 0.305. The minimum atomic E-state index is -4.20. The summed E-state index contributed by atoms with van der Waals surface area (Å²) in [5, 5.41) is 4.71. The van der Waals surface area contributed by atoms with Crippen molar-refractivity contribution < 1.29 is 27.5 Å². The highest BCUT2D eigenvalue weighted by Gasteiger charge is 2.39. The monoisotopic (exact) mass is 470 g/mol. The molecule has 8 nitrogen and oxygen atoms in total. The summed E-state index contributed by atoms with van der Waals surface area (Å²) in [6, 6.07) is 7.68. The number of esters is 1. The van der Waals surface area contributed by atoms with Crippen LogP contribution in [-0.4, -0.2) is 43.8 Å². The van der Waals surface area contributed by atoms with Gasteiger partial charge in [-0.3, -0.25) is 14.5 Å². The normalized spacial score (nSPS) is 14.6.